The number of hydrogen-bond acceptors (Lipinski definition) is 5. The largest absolute Gasteiger partial charge is 0.383 e. The van der Waals surface area contributed by atoms with Crippen molar-refractivity contribution in [2.45, 2.75) is 58.3 Å². The molecule has 0 fully saturated rings. The third-order valence-corrected chi connectivity index (χ3v) is 6.92. The highest BCUT2D eigenvalue weighted by Gasteiger charge is 2.24. The molecule has 37 heavy (non-hydrogen) atoms. The van der Waals surface area contributed by atoms with Gasteiger partial charge in [0.2, 0.25) is 0 Å². The van der Waals surface area contributed by atoms with Crippen LogP contribution in [-0.4, -0.2) is 33.3 Å². The van der Waals surface area contributed by atoms with Crippen LogP contribution >= 0.6 is 0 Å². The van der Waals surface area contributed by atoms with E-state index in [9.17, 15) is 4.79 Å². The molecule has 7 nitrogen and oxygen atoms in total. The number of nitrogen functional groups attached to an aromatic ring is 1. The number of amides is 1. The summed E-state index contributed by atoms with van der Waals surface area (Å²) in [5.41, 5.74) is 12.8. The summed E-state index contributed by atoms with van der Waals surface area (Å²) in [7, 11) is 0. The number of nitrogens with zero attached hydrogens (tertiary/aromatic N) is 4. The Labute approximate surface area is 217 Å². The van der Waals surface area contributed by atoms with E-state index in [4.69, 9.17) is 15.7 Å². The molecule has 0 unspecified atom stereocenters. The predicted octanol–water partition coefficient (Wildman–Crippen LogP) is 5.97. The van der Waals surface area contributed by atoms with Gasteiger partial charge >= 0.3 is 0 Å². The van der Waals surface area contributed by atoms with E-state index in [1.165, 1.54) is 28.7 Å². The van der Waals surface area contributed by atoms with E-state index >= 15 is 0 Å². The van der Waals surface area contributed by atoms with E-state index in [2.05, 4.69) is 49.4 Å². The lowest BCUT2D eigenvalue weighted by atomic mass is 9.87. The number of nitrogens with two attached hydrogens (primary N) is 1. The third-order valence-electron chi connectivity index (χ3n) is 6.92. The van der Waals surface area contributed by atoms with E-state index in [1.54, 1.807) is 6.21 Å². The molecule has 0 spiro atoms. The lowest BCUT2D eigenvalue weighted by Gasteiger charge is -2.18. The van der Waals surface area contributed by atoms with Crippen molar-refractivity contribution in [3.05, 3.63) is 76.9 Å². The van der Waals surface area contributed by atoms with Crippen molar-refractivity contribution in [3.8, 4) is 0 Å². The number of anilines is 1. The van der Waals surface area contributed by atoms with Crippen molar-refractivity contribution in [1.82, 2.24) is 20.0 Å². The maximum absolute atomic E-state index is 13.3. The molecule has 0 aliphatic heterocycles. The van der Waals surface area contributed by atoms with Gasteiger partial charge in [-0.25, -0.2) is 9.97 Å². The normalized spacial score (nSPS) is 14.4. The number of aromatic nitrogens is 3. The third kappa shape index (κ3) is 5.26. The number of rotatable bonds is 6. The SMILES string of the molecule is CC(C)(C)c1ccc(C=Nn2c(N)c(C(=O)NCCC3=CCCCC3)c3nc4ccccc4nc32)cc1. The predicted molar refractivity (Wildman–Crippen MR) is 151 cm³/mol. The van der Waals surface area contributed by atoms with Crippen molar-refractivity contribution >= 4 is 40.1 Å². The first-order chi connectivity index (χ1) is 17.8. The van der Waals surface area contributed by atoms with Crippen LogP contribution in [0, 0.1) is 0 Å². The molecule has 2 aromatic carbocycles. The molecule has 4 aromatic rings. The van der Waals surface area contributed by atoms with Crippen LogP contribution in [0.15, 0.2) is 65.3 Å². The Bertz CT molecular complexity index is 1510. The van der Waals surface area contributed by atoms with E-state index in [0.29, 0.717) is 28.8 Å². The molecular formula is C30H34N6O. The Balaban J connectivity index is 1.49. The number of para-hydroxylation sites is 2. The summed E-state index contributed by atoms with van der Waals surface area (Å²) < 4.78 is 1.52. The van der Waals surface area contributed by atoms with Gasteiger partial charge in [0.1, 0.15) is 16.9 Å². The van der Waals surface area contributed by atoms with Gasteiger partial charge in [0.25, 0.3) is 5.91 Å². The molecule has 0 saturated heterocycles. The molecule has 190 valence electrons. The van der Waals surface area contributed by atoms with Gasteiger partial charge in [-0.05, 0) is 60.8 Å². The number of carbonyl (C=O) groups is 1. The highest BCUT2D eigenvalue weighted by molar-refractivity contribution is 6.10. The van der Waals surface area contributed by atoms with Gasteiger partial charge in [0.15, 0.2) is 5.65 Å². The number of allylic oxidation sites excluding steroid dienone is 1. The molecule has 7 heteroatoms. The van der Waals surface area contributed by atoms with Gasteiger partial charge in [-0.2, -0.15) is 9.78 Å². The second-order valence-electron chi connectivity index (χ2n) is 10.7. The lowest BCUT2D eigenvalue weighted by Crippen LogP contribution is -2.25. The van der Waals surface area contributed by atoms with E-state index < -0.39 is 0 Å². The quantitative estimate of drug-likeness (QED) is 0.255. The summed E-state index contributed by atoms with van der Waals surface area (Å²) in [6.45, 7) is 7.11. The van der Waals surface area contributed by atoms with E-state index in [1.807, 2.05) is 36.4 Å². The van der Waals surface area contributed by atoms with Crippen molar-refractivity contribution in [1.29, 1.82) is 0 Å². The molecule has 1 aliphatic carbocycles. The van der Waals surface area contributed by atoms with Crippen molar-refractivity contribution in [2.24, 2.45) is 5.10 Å². The van der Waals surface area contributed by atoms with Crippen LogP contribution in [0.3, 0.4) is 0 Å². The fourth-order valence-corrected chi connectivity index (χ4v) is 4.74. The zero-order chi connectivity index (χ0) is 26.0. The first kappa shape index (κ1) is 24.7. The van der Waals surface area contributed by atoms with Crippen molar-refractivity contribution in [3.63, 3.8) is 0 Å². The Morgan fingerprint density at radius 2 is 1.81 bits per heavy atom. The summed E-state index contributed by atoms with van der Waals surface area (Å²) >= 11 is 0. The fourth-order valence-electron chi connectivity index (χ4n) is 4.74. The molecule has 0 saturated carbocycles. The van der Waals surface area contributed by atoms with Crippen LogP contribution in [-0.2, 0) is 5.41 Å². The lowest BCUT2D eigenvalue weighted by molar-refractivity contribution is 0.0956. The summed E-state index contributed by atoms with van der Waals surface area (Å²) in [4.78, 5) is 22.9. The molecule has 1 aliphatic rings. The number of fused-ring (bicyclic) bond motifs is 2. The van der Waals surface area contributed by atoms with Gasteiger partial charge in [-0.1, -0.05) is 68.8 Å². The van der Waals surface area contributed by atoms with Gasteiger partial charge in [0.05, 0.1) is 17.2 Å². The molecule has 0 atom stereocenters. The topological polar surface area (TPSA) is 98.2 Å². The van der Waals surface area contributed by atoms with Crippen molar-refractivity contribution < 1.29 is 4.79 Å². The van der Waals surface area contributed by atoms with Crippen LogP contribution in [0.2, 0.25) is 0 Å². The number of carbonyl (C=O) groups excluding carboxylic acids is 1. The second-order valence-corrected chi connectivity index (χ2v) is 10.7. The number of benzene rings is 2. The zero-order valence-corrected chi connectivity index (χ0v) is 21.8. The molecular weight excluding hydrogens is 460 g/mol. The Kier molecular flexibility index (Phi) is 6.78. The maximum Gasteiger partial charge on any atom is 0.257 e. The molecule has 5 rings (SSSR count). The fraction of sp³-hybridized carbons (Fsp3) is 0.333. The Morgan fingerprint density at radius 1 is 1.08 bits per heavy atom. The highest BCUT2D eigenvalue weighted by Crippen LogP contribution is 2.28. The summed E-state index contributed by atoms with van der Waals surface area (Å²) in [5, 5.41) is 7.68. The average Bonchev–Trinajstić information content (AvgIpc) is 3.16. The highest BCUT2D eigenvalue weighted by atomic mass is 16.1. The average molecular weight is 495 g/mol. The molecule has 1 amide bonds. The summed E-state index contributed by atoms with van der Waals surface area (Å²) in [6, 6.07) is 15.8. The first-order valence-electron chi connectivity index (χ1n) is 13.0. The Morgan fingerprint density at radius 3 is 2.49 bits per heavy atom. The monoisotopic (exact) mass is 494 g/mol. The van der Waals surface area contributed by atoms with Crippen LogP contribution in [0.4, 0.5) is 5.82 Å². The molecule has 2 heterocycles. The summed E-state index contributed by atoms with van der Waals surface area (Å²) in [6.07, 6.45) is 9.59. The second kappa shape index (κ2) is 10.2. The van der Waals surface area contributed by atoms with Crippen LogP contribution in [0.5, 0.6) is 0 Å². The van der Waals surface area contributed by atoms with Crippen LogP contribution < -0.4 is 11.1 Å². The Hall–Kier alpha value is -4.00. The minimum absolute atomic E-state index is 0.0726. The smallest absolute Gasteiger partial charge is 0.257 e. The minimum Gasteiger partial charge on any atom is -0.383 e. The standard InChI is InChI=1S/C30H34N6O/c1-30(2,3)22-15-13-21(14-16-22)19-33-36-27(31)25(29(37)32-18-17-20-9-5-4-6-10-20)26-28(36)35-24-12-8-7-11-23(24)34-26/h7-9,11-16,19H,4-6,10,17-18,31H2,1-3H3,(H,32,37). The molecule has 0 bridgehead atoms. The van der Waals surface area contributed by atoms with E-state index in [0.717, 1.165) is 30.3 Å². The van der Waals surface area contributed by atoms with E-state index in [-0.39, 0.29) is 17.1 Å². The van der Waals surface area contributed by atoms with Crippen LogP contribution in [0.25, 0.3) is 22.2 Å². The summed E-state index contributed by atoms with van der Waals surface area (Å²) in [5.74, 6) is -0.0331. The van der Waals surface area contributed by atoms with Crippen molar-refractivity contribution in [2.75, 3.05) is 12.3 Å². The first-order valence-corrected chi connectivity index (χ1v) is 13.0. The number of hydrogen-bond donors (Lipinski definition) is 2. The van der Waals surface area contributed by atoms with Gasteiger partial charge in [0, 0.05) is 6.54 Å². The van der Waals surface area contributed by atoms with Crippen LogP contribution in [0.1, 0.15) is 74.4 Å². The number of nitrogens with one attached hydrogen (secondary N) is 1. The molecule has 2 aromatic heterocycles. The van der Waals surface area contributed by atoms with Gasteiger partial charge in [-0.15, -0.1) is 0 Å². The molecule has 3 N–H and O–H groups in total. The minimum atomic E-state index is -0.257. The van der Waals surface area contributed by atoms with Gasteiger partial charge in [-0.3, -0.25) is 4.79 Å². The van der Waals surface area contributed by atoms with Gasteiger partial charge < -0.3 is 11.1 Å². The maximum atomic E-state index is 13.3. The zero-order valence-electron chi connectivity index (χ0n) is 21.8. The molecule has 0 radical (unpaired) electrons.